The molecule has 3 rings (SSSR count). The number of sulfonamides is 1. The van der Waals surface area contributed by atoms with E-state index in [4.69, 9.17) is 0 Å². The van der Waals surface area contributed by atoms with Gasteiger partial charge in [0.25, 0.3) is 5.56 Å². The number of aromatic nitrogens is 2. The van der Waals surface area contributed by atoms with Crippen LogP contribution in [0.5, 0.6) is 0 Å². The van der Waals surface area contributed by atoms with Gasteiger partial charge in [0.05, 0.1) is 12.1 Å². The van der Waals surface area contributed by atoms with Crippen LogP contribution in [0.2, 0.25) is 0 Å². The van der Waals surface area contributed by atoms with Crippen LogP contribution in [0.25, 0.3) is 0 Å². The Morgan fingerprint density at radius 2 is 1.96 bits per heavy atom. The monoisotopic (exact) mass is 340 g/mol. The second-order valence-electron chi connectivity index (χ2n) is 6.42. The third kappa shape index (κ3) is 4.19. The Labute approximate surface area is 137 Å². The van der Waals surface area contributed by atoms with E-state index in [1.54, 1.807) is 15.2 Å². The summed E-state index contributed by atoms with van der Waals surface area (Å²) in [5.74, 6) is 0.790. The van der Waals surface area contributed by atoms with Gasteiger partial charge in [0, 0.05) is 38.4 Å². The second-order valence-corrected chi connectivity index (χ2v) is 8.51. The largest absolute Gasteiger partial charge is 0.302 e. The quantitative estimate of drug-likeness (QED) is 0.754. The zero-order valence-electron chi connectivity index (χ0n) is 13.3. The van der Waals surface area contributed by atoms with Crippen LogP contribution in [0.3, 0.4) is 0 Å². The Bertz CT molecular complexity index is 680. The van der Waals surface area contributed by atoms with Crippen LogP contribution < -0.4 is 5.56 Å². The lowest BCUT2D eigenvalue weighted by Gasteiger charge is -2.32. The van der Waals surface area contributed by atoms with Crippen molar-refractivity contribution >= 4 is 10.0 Å². The predicted octanol–water partition coefficient (Wildman–Crippen LogP) is -0.00920. The van der Waals surface area contributed by atoms with Crippen LogP contribution in [0.4, 0.5) is 0 Å². The third-order valence-corrected chi connectivity index (χ3v) is 6.78. The van der Waals surface area contributed by atoms with E-state index in [0.29, 0.717) is 24.8 Å². The Balaban J connectivity index is 1.44. The Hall–Kier alpha value is -1.25. The van der Waals surface area contributed by atoms with Crippen LogP contribution in [0.1, 0.15) is 19.3 Å². The molecule has 2 saturated heterocycles. The zero-order chi connectivity index (χ0) is 16.3. The van der Waals surface area contributed by atoms with E-state index in [2.05, 4.69) is 9.88 Å². The first-order valence-electron chi connectivity index (χ1n) is 8.25. The first-order chi connectivity index (χ1) is 11.0. The molecular weight excluding hydrogens is 316 g/mol. The van der Waals surface area contributed by atoms with Gasteiger partial charge in [0.15, 0.2) is 0 Å². The SMILES string of the molecule is O=c1ccncn1CC1CCN(CCN2CCCS2(=O)=O)CC1. The summed E-state index contributed by atoms with van der Waals surface area (Å²) in [6, 6.07) is 1.49. The highest BCUT2D eigenvalue weighted by atomic mass is 32.2. The van der Waals surface area contributed by atoms with Crippen molar-refractivity contribution in [1.82, 2.24) is 18.8 Å². The molecule has 2 aliphatic rings. The first-order valence-corrected chi connectivity index (χ1v) is 9.86. The van der Waals surface area contributed by atoms with Crippen molar-refractivity contribution in [1.29, 1.82) is 0 Å². The topological polar surface area (TPSA) is 75.5 Å². The van der Waals surface area contributed by atoms with E-state index in [9.17, 15) is 13.2 Å². The summed E-state index contributed by atoms with van der Waals surface area (Å²) in [4.78, 5) is 18.1. The van der Waals surface area contributed by atoms with Crippen LogP contribution in [-0.4, -0.2) is 65.7 Å². The molecule has 0 amide bonds. The highest BCUT2D eigenvalue weighted by Gasteiger charge is 2.28. The highest BCUT2D eigenvalue weighted by molar-refractivity contribution is 7.89. The maximum atomic E-state index is 11.8. The molecule has 0 atom stereocenters. The maximum absolute atomic E-state index is 11.8. The summed E-state index contributed by atoms with van der Waals surface area (Å²) in [6.07, 6.45) is 5.95. The van der Waals surface area contributed by atoms with E-state index < -0.39 is 10.0 Å². The molecule has 1 aromatic heterocycles. The molecule has 128 valence electrons. The predicted molar refractivity (Wildman–Crippen MR) is 87.6 cm³/mol. The minimum absolute atomic E-state index is 0.00155. The van der Waals surface area contributed by atoms with Crippen LogP contribution >= 0.6 is 0 Å². The van der Waals surface area contributed by atoms with Crippen molar-refractivity contribution in [3.8, 4) is 0 Å². The molecule has 0 bridgehead atoms. The lowest BCUT2D eigenvalue weighted by molar-refractivity contribution is 0.165. The van der Waals surface area contributed by atoms with Gasteiger partial charge in [-0.2, -0.15) is 0 Å². The molecule has 2 aliphatic heterocycles. The van der Waals surface area contributed by atoms with E-state index in [-0.39, 0.29) is 5.56 Å². The van der Waals surface area contributed by atoms with Crippen LogP contribution in [0.15, 0.2) is 23.4 Å². The fourth-order valence-electron chi connectivity index (χ4n) is 3.38. The molecule has 0 unspecified atom stereocenters. The van der Waals surface area contributed by atoms with Gasteiger partial charge in [-0.25, -0.2) is 17.7 Å². The van der Waals surface area contributed by atoms with Crippen molar-refractivity contribution in [2.24, 2.45) is 5.92 Å². The van der Waals surface area contributed by atoms with E-state index in [1.165, 1.54) is 12.3 Å². The van der Waals surface area contributed by atoms with E-state index >= 15 is 0 Å². The smallest absolute Gasteiger partial charge is 0.253 e. The molecule has 7 nitrogen and oxygen atoms in total. The van der Waals surface area contributed by atoms with Crippen molar-refractivity contribution in [3.63, 3.8) is 0 Å². The van der Waals surface area contributed by atoms with Gasteiger partial charge in [-0.15, -0.1) is 0 Å². The normalized spacial score (nSPS) is 23.3. The molecule has 2 fully saturated rings. The number of rotatable bonds is 5. The Morgan fingerprint density at radius 1 is 1.17 bits per heavy atom. The molecule has 0 aromatic carbocycles. The van der Waals surface area contributed by atoms with Crippen molar-refractivity contribution in [3.05, 3.63) is 28.9 Å². The maximum Gasteiger partial charge on any atom is 0.253 e. The second kappa shape index (κ2) is 7.11. The lowest BCUT2D eigenvalue weighted by atomic mass is 9.97. The minimum atomic E-state index is -2.98. The van der Waals surface area contributed by atoms with Crippen LogP contribution in [0, 0.1) is 5.92 Å². The van der Waals surface area contributed by atoms with E-state index in [1.807, 2.05) is 0 Å². The van der Waals surface area contributed by atoms with Crippen molar-refractivity contribution < 1.29 is 8.42 Å². The van der Waals surface area contributed by atoms with Gasteiger partial charge in [-0.1, -0.05) is 0 Å². The molecule has 1 aromatic rings. The number of piperidine rings is 1. The molecule has 23 heavy (non-hydrogen) atoms. The number of nitrogens with zero attached hydrogens (tertiary/aromatic N) is 4. The van der Waals surface area contributed by atoms with Gasteiger partial charge in [-0.3, -0.25) is 9.36 Å². The van der Waals surface area contributed by atoms with Gasteiger partial charge >= 0.3 is 0 Å². The molecular formula is C15H24N4O3S. The molecule has 0 spiro atoms. The fraction of sp³-hybridized carbons (Fsp3) is 0.733. The molecule has 8 heteroatoms. The summed E-state index contributed by atoms with van der Waals surface area (Å²) >= 11 is 0. The number of hydrogen-bond donors (Lipinski definition) is 0. The van der Waals surface area contributed by atoms with E-state index in [0.717, 1.165) is 45.4 Å². The Morgan fingerprint density at radius 3 is 2.61 bits per heavy atom. The molecule has 0 N–H and O–H groups in total. The first kappa shape index (κ1) is 16.6. The molecule has 0 radical (unpaired) electrons. The van der Waals surface area contributed by atoms with Gasteiger partial charge in [0.1, 0.15) is 0 Å². The number of hydrogen-bond acceptors (Lipinski definition) is 5. The van der Waals surface area contributed by atoms with Crippen molar-refractivity contribution in [2.75, 3.05) is 38.5 Å². The summed E-state index contributed by atoms with van der Waals surface area (Å²) in [6.45, 7) is 4.73. The summed E-state index contributed by atoms with van der Waals surface area (Å²) in [7, 11) is -2.98. The van der Waals surface area contributed by atoms with Crippen molar-refractivity contribution in [2.45, 2.75) is 25.8 Å². The Kier molecular flexibility index (Phi) is 5.13. The standard InChI is InChI=1S/C15H24N4O3S/c20-15-2-5-16-13-18(15)12-14-3-7-17(8-4-14)9-10-19-6-1-11-23(19,21)22/h2,5,13-14H,1,3-4,6-12H2. The summed E-state index contributed by atoms with van der Waals surface area (Å²) in [5, 5.41) is 0. The average Bonchev–Trinajstić information content (AvgIpc) is 2.87. The van der Waals surface area contributed by atoms with Crippen LogP contribution in [-0.2, 0) is 16.6 Å². The zero-order valence-corrected chi connectivity index (χ0v) is 14.1. The van der Waals surface area contributed by atoms with Gasteiger partial charge in [-0.05, 0) is 38.3 Å². The molecule has 0 saturated carbocycles. The minimum Gasteiger partial charge on any atom is -0.302 e. The highest BCUT2D eigenvalue weighted by Crippen LogP contribution is 2.19. The summed E-state index contributed by atoms with van der Waals surface area (Å²) in [5.41, 5.74) is 0.00155. The van der Waals surface area contributed by atoms with Gasteiger partial charge in [0.2, 0.25) is 10.0 Å². The average molecular weight is 340 g/mol. The number of likely N-dealkylation sites (tertiary alicyclic amines) is 1. The molecule has 0 aliphatic carbocycles. The summed E-state index contributed by atoms with van der Waals surface area (Å²) < 4.78 is 26.9. The molecule has 3 heterocycles. The fourth-order valence-corrected chi connectivity index (χ4v) is 4.90. The van der Waals surface area contributed by atoms with Gasteiger partial charge < -0.3 is 4.90 Å². The third-order valence-electron chi connectivity index (χ3n) is 4.82. The lowest BCUT2D eigenvalue weighted by Crippen LogP contribution is -2.41.